The lowest BCUT2D eigenvalue weighted by atomic mass is 10.3. The minimum Gasteiger partial charge on any atom is -0.438 e. The molecule has 106 valence electrons. The molecule has 0 aliphatic carbocycles. The second-order valence-corrected chi connectivity index (χ2v) is 5.48. The molecule has 0 atom stereocenters. The van der Waals surface area contributed by atoms with Crippen molar-refractivity contribution in [2.75, 3.05) is 11.9 Å². The standard InChI is InChI=1S/C15H18IN3O/c1-3-9-17-14-10-15(19-13(4-2)18-14)20-12-8-6-5-7-11(12)16/h5-8,10H,3-4,9H2,1-2H3,(H,17,18,19). The summed E-state index contributed by atoms with van der Waals surface area (Å²) in [6, 6.07) is 9.73. The highest BCUT2D eigenvalue weighted by molar-refractivity contribution is 14.1. The van der Waals surface area contributed by atoms with Crippen LogP contribution in [0.25, 0.3) is 0 Å². The molecule has 0 unspecified atom stereocenters. The predicted octanol–water partition coefficient (Wildman–Crippen LogP) is 4.26. The average Bonchev–Trinajstić information content (AvgIpc) is 2.47. The number of benzene rings is 1. The number of aromatic nitrogens is 2. The zero-order chi connectivity index (χ0) is 14.4. The number of anilines is 1. The van der Waals surface area contributed by atoms with Gasteiger partial charge in [-0.1, -0.05) is 26.0 Å². The van der Waals surface area contributed by atoms with E-state index in [1.165, 1.54) is 0 Å². The van der Waals surface area contributed by atoms with Gasteiger partial charge in [0, 0.05) is 19.0 Å². The number of hydrogen-bond donors (Lipinski definition) is 1. The Bertz CT molecular complexity index is 575. The van der Waals surface area contributed by atoms with Crippen LogP contribution in [0.2, 0.25) is 0 Å². The second-order valence-electron chi connectivity index (χ2n) is 4.32. The number of nitrogens with zero attached hydrogens (tertiary/aromatic N) is 2. The summed E-state index contributed by atoms with van der Waals surface area (Å²) in [5, 5.41) is 3.28. The Kier molecular flexibility index (Phi) is 5.58. The van der Waals surface area contributed by atoms with Crippen molar-refractivity contribution in [2.24, 2.45) is 0 Å². The minimum atomic E-state index is 0.583. The van der Waals surface area contributed by atoms with E-state index in [1.807, 2.05) is 37.3 Å². The van der Waals surface area contributed by atoms with Crippen LogP contribution in [0.4, 0.5) is 5.82 Å². The molecule has 0 radical (unpaired) electrons. The van der Waals surface area contributed by atoms with Crippen LogP contribution in [-0.4, -0.2) is 16.5 Å². The largest absolute Gasteiger partial charge is 0.438 e. The number of ether oxygens (including phenoxy) is 1. The topological polar surface area (TPSA) is 47.0 Å². The molecule has 0 fully saturated rings. The number of nitrogens with one attached hydrogen (secondary N) is 1. The fourth-order valence-corrected chi connectivity index (χ4v) is 2.16. The summed E-state index contributed by atoms with van der Waals surface area (Å²) in [7, 11) is 0. The van der Waals surface area contributed by atoms with Gasteiger partial charge in [0.2, 0.25) is 5.88 Å². The fraction of sp³-hybridized carbons (Fsp3) is 0.333. The molecule has 0 saturated heterocycles. The molecule has 5 heteroatoms. The van der Waals surface area contributed by atoms with Crippen LogP contribution < -0.4 is 10.1 Å². The Balaban J connectivity index is 2.24. The monoisotopic (exact) mass is 383 g/mol. The van der Waals surface area contributed by atoms with Gasteiger partial charge >= 0.3 is 0 Å². The van der Waals surface area contributed by atoms with Gasteiger partial charge in [-0.05, 0) is 41.1 Å². The van der Waals surface area contributed by atoms with E-state index < -0.39 is 0 Å². The predicted molar refractivity (Wildman–Crippen MR) is 89.4 cm³/mol. The molecule has 4 nitrogen and oxygen atoms in total. The Morgan fingerprint density at radius 1 is 1.20 bits per heavy atom. The molecule has 0 aliphatic heterocycles. The summed E-state index contributed by atoms with van der Waals surface area (Å²) in [6.07, 6.45) is 1.84. The molecule has 1 N–H and O–H groups in total. The van der Waals surface area contributed by atoms with Crippen molar-refractivity contribution in [3.8, 4) is 11.6 Å². The summed E-state index contributed by atoms with van der Waals surface area (Å²) in [4.78, 5) is 8.87. The van der Waals surface area contributed by atoms with Crippen LogP contribution in [0.5, 0.6) is 11.6 Å². The summed E-state index contributed by atoms with van der Waals surface area (Å²) in [5.74, 6) is 3.00. The minimum absolute atomic E-state index is 0.583. The molecule has 0 aliphatic rings. The molecule has 0 amide bonds. The number of aryl methyl sites for hydroxylation is 1. The van der Waals surface area contributed by atoms with E-state index in [9.17, 15) is 0 Å². The van der Waals surface area contributed by atoms with Crippen molar-refractivity contribution >= 4 is 28.4 Å². The molecule has 1 aromatic carbocycles. The van der Waals surface area contributed by atoms with Gasteiger partial charge < -0.3 is 10.1 Å². The van der Waals surface area contributed by atoms with Crippen LogP contribution in [0.3, 0.4) is 0 Å². The molecular weight excluding hydrogens is 365 g/mol. The lowest BCUT2D eigenvalue weighted by molar-refractivity contribution is 0.456. The van der Waals surface area contributed by atoms with Crippen molar-refractivity contribution in [1.82, 2.24) is 9.97 Å². The van der Waals surface area contributed by atoms with Crippen molar-refractivity contribution in [3.05, 3.63) is 39.7 Å². The first-order valence-electron chi connectivity index (χ1n) is 6.77. The number of rotatable bonds is 6. The lowest BCUT2D eigenvalue weighted by Crippen LogP contribution is -2.05. The van der Waals surface area contributed by atoms with Gasteiger partial charge in [-0.15, -0.1) is 0 Å². The van der Waals surface area contributed by atoms with Crippen LogP contribution in [-0.2, 0) is 6.42 Å². The highest BCUT2D eigenvalue weighted by Gasteiger charge is 2.07. The zero-order valence-corrected chi connectivity index (χ0v) is 13.8. The zero-order valence-electron chi connectivity index (χ0n) is 11.7. The van der Waals surface area contributed by atoms with Crippen LogP contribution >= 0.6 is 22.6 Å². The Morgan fingerprint density at radius 3 is 2.70 bits per heavy atom. The van der Waals surface area contributed by atoms with Gasteiger partial charge in [0.05, 0.1) is 3.57 Å². The van der Waals surface area contributed by atoms with E-state index in [0.29, 0.717) is 5.88 Å². The summed E-state index contributed by atoms with van der Waals surface area (Å²) < 4.78 is 6.93. The highest BCUT2D eigenvalue weighted by Crippen LogP contribution is 2.26. The quantitative estimate of drug-likeness (QED) is 0.758. The Morgan fingerprint density at radius 2 is 2.00 bits per heavy atom. The second kappa shape index (κ2) is 7.42. The van der Waals surface area contributed by atoms with E-state index in [4.69, 9.17) is 4.74 Å². The number of halogens is 1. The SMILES string of the molecule is CCCNc1cc(Oc2ccccc2I)nc(CC)n1. The highest BCUT2D eigenvalue weighted by atomic mass is 127. The summed E-state index contributed by atoms with van der Waals surface area (Å²) >= 11 is 2.25. The third-order valence-corrected chi connectivity index (χ3v) is 3.56. The van der Waals surface area contributed by atoms with E-state index in [-0.39, 0.29) is 0 Å². The third kappa shape index (κ3) is 4.06. The molecular formula is C15H18IN3O. The van der Waals surface area contributed by atoms with Crippen molar-refractivity contribution < 1.29 is 4.74 Å². The van der Waals surface area contributed by atoms with Gasteiger partial charge in [-0.2, -0.15) is 4.98 Å². The first kappa shape index (κ1) is 15.0. The molecule has 0 saturated carbocycles. The maximum absolute atomic E-state index is 5.87. The first-order chi connectivity index (χ1) is 9.72. The van der Waals surface area contributed by atoms with Crippen molar-refractivity contribution in [1.29, 1.82) is 0 Å². The van der Waals surface area contributed by atoms with Crippen molar-refractivity contribution in [2.45, 2.75) is 26.7 Å². The summed E-state index contributed by atoms with van der Waals surface area (Å²) in [5.41, 5.74) is 0. The van der Waals surface area contributed by atoms with Gasteiger partial charge in [0.25, 0.3) is 0 Å². The van der Waals surface area contributed by atoms with Crippen LogP contribution in [0, 0.1) is 3.57 Å². The van der Waals surface area contributed by atoms with Gasteiger partial charge in [0.15, 0.2) is 0 Å². The fourth-order valence-electron chi connectivity index (χ4n) is 1.67. The lowest BCUT2D eigenvalue weighted by Gasteiger charge is -2.10. The van der Waals surface area contributed by atoms with Gasteiger partial charge in [-0.3, -0.25) is 0 Å². The molecule has 20 heavy (non-hydrogen) atoms. The normalized spacial score (nSPS) is 10.3. The average molecular weight is 383 g/mol. The van der Waals surface area contributed by atoms with Crippen LogP contribution in [0.15, 0.2) is 30.3 Å². The molecule has 1 heterocycles. The van der Waals surface area contributed by atoms with Crippen molar-refractivity contribution in [3.63, 3.8) is 0 Å². The van der Waals surface area contributed by atoms with E-state index in [0.717, 1.165) is 40.3 Å². The first-order valence-corrected chi connectivity index (χ1v) is 7.85. The Labute approximate surface area is 133 Å². The Hall–Kier alpha value is -1.37. The third-order valence-electron chi connectivity index (χ3n) is 2.67. The number of para-hydroxylation sites is 1. The molecule has 1 aromatic heterocycles. The number of hydrogen-bond acceptors (Lipinski definition) is 4. The maximum atomic E-state index is 5.87. The summed E-state index contributed by atoms with van der Waals surface area (Å²) in [6.45, 7) is 5.05. The smallest absolute Gasteiger partial charge is 0.224 e. The van der Waals surface area contributed by atoms with Gasteiger partial charge in [0.1, 0.15) is 17.4 Å². The van der Waals surface area contributed by atoms with E-state index in [1.54, 1.807) is 0 Å². The molecule has 2 aromatic rings. The molecule has 0 bridgehead atoms. The van der Waals surface area contributed by atoms with Crippen LogP contribution in [0.1, 0.15) is 26.1 Å². The maximum Gasteiger partial charge on any atom is 0.224 e. The molecule has 0 spiro atoms. The van der Waals surface area contributed by atoms with Gasteiger partial charge in [-0.25, -0.2) is 4.98 Å². The van der Waals surface area contributed by atoms with E-state index >= 15 is 0 Å². The molecule has 2 rings (SSSR count). The van der Waals surface area contributed by atoms with E-state index in [2.05, 4.69) is 44.8 Å².